The van der Waals surface area contributed by atoms with Gasteiger partial charge >= 0.3 is 0 Å². The first-order valence-electron chi connectivity index (χ1n) is 6.03. The lowest BCUT2D eigenvalue weighted by Gasteiger charge is -2.11. The molecule has 1 heterocycles. The Morgan fingerprint density at radius 2 is 2.19 bits per heavy atom. The average molecular weight is 286 g/mol. The molecular weight excluding hydrogens is 272 g/mol. The number of anilines is 1. The monoisotopic (exact) mass is 286 g/mol. The number of carbonyl (C=O) groups excluding carboxylic acids is 1. The standard InChI is InChI=1S/C14H14N4O3/c1-21-12-7-9(13(15)18-20)4-5-11(12)17-14(19)10-3-2-6-16-8-10/h2-8,20H,1H3,(H2,15,18)(H,17,19). The van der Waals surface area contributed by atoms with Gasteiger partial charge in [0.1, 0.15) is 5.75 Å². The van der Waals surface area contributed by atoms with Crippen LogP contribution in [0.3, 0.4) is 0 Å². The van der Waals surface area contributed by atoms with E-state index in [1.807, 2.05) is 0 Å². The summed E-state index contributed by atoms with van der Waals surface area (Å²) in [6, 6.07) is 8.11. The Kier molecular flexibility index (Phi) is 4.35. The maximum Gasteiger partial charge on any atom is 0.257 e. The van der Waals surface area contributed by atoms with Crippen LogP contribution >= 0.6 is 0 Å². The van der Waals surface area contributed by atoms with Crippen LogP contribution in [0.25, 0.3) is 0 Å². The van der Waals surface area contributed by atoms with Crippen molar-refractivity contribution in [3.05, 3.63) is 53.9 Å². The van der Waals surface area contributed by atoms with Crippen molar-refractivity contribution in [2.75, 3.05) is 12.4 Å². The molecule has 1 aromatic heterocycles. The van der Waals surface area contributed by atoms with Gasteiger partial charge in [-0.05, 0) is 30.3 Å². The van der Waals surface area contributed by atoms with E-state index < -0.39 is 0 Å². The summed E-state index contributed by atoms with van der Waals surface area (Å²) in [5.74, 6) is 0.0488. The Balaban J connectivity index is 2.26. The minimum atomic E-state index is -0.307. The van der Waals surface area contributed by atoms with E-state index >= 15 is 0 Å². The number of carbonyl (C=O) groups is 1. The van der Waals surface area contributed by atoms with E-state index in [9.17, 15) is 4.79 Å². The van der Waals surface area contributed by atoms with Crippen molar-refractivity contribution in [3.8, 4) is 5.75 Å². The Labute approximate surface area is 121 Å². The maximum atomic E-state index is 12.1. The molecule has 0 atom stereocenters. The molecule has 0 radical (unpaired) electrons. The number of benzene rings is 1. The second-order valence-corrected chi connectivity index (χ2v) is 4.10. The Hall–Kier alpha value is -3.09. The lowest BCUT2D eigenvalue weighted by Crippen LogP contribution is -2.15. The van der Waals surface area contributed by atoms with E-state index in [-0.39, 0.29) is 11.7 Å². The predicted molar refractivity (Wildman–Crippen MR) is 77.7 cm³/mol. The van der Waals surface area contributed by atoms with Crippen LogP contribution in [0.1, 0.15) is 15.9 Å². The molecule has 0 bridgehead atoms. The molecule has 0 spiro atoms. The molecule has 2 rings (SSSR count). The molecule has 2 aromatic rings. The van der Waals surface area contributed by atoms with Crippen molar-refractivity contribution in [1.29, 1.82) is 0 Å². The van der Waals surface area contributed by atoms with Crippen LogP contribution in [0.4, 0.5) is 5.69 Å². The smallest absolute Gasteiger partial charge is 0.257 e. The van der Waals surface area contributed by atoms with Crippen molar-refractivity contribution in [2.45, 2.75) is 0 Å². The zero-order chi connectivity index (χ0) is 15.2. The number of pyridine rings is 1. The highest BCUT2D eigenvalue weighted by atomic mass is 16.5. The van der Waals surface area contributed by atoms with E-state index in [1.54, 1.807) is 36.5 Å². The van der Waals surface area contributed by atoms with Crippen LogP contribution in [0, 0.1) is 0 Å². The van der Waals surface area contributed by atoms with Crippen molar-refractivity contribution in [1.82, 2.24) is 4.98 Å². The van der Waals surface area contributed by atoms with Crippen LogP contribution < -0.4 is 15.8 Å². The molecule has 0 fully saturated rings. The molecule has 21 heavy (non-hydrogen) atoms. The summed E-state index contributed by atoms with van der Waals surface area (Å²) in [6.07, 6.45) is 3.05. The number of oxime groups is 1. The third-order valence-electron chi connectivity index (χ3n) is 2.78. The quantitative estimate of drug-likeness (QED) is 0.341. The van der Waals surface area contributed by atoms with E-state index in [2.05, 4.69) is 15.5 Å². The number of ether oxygens (including phenoxy) is 1. The molecular formula is C14H14N4O3. The van der Waals surface area contributed by atoms with Crippen LogP contribution in [0.15, 0.2) is 47.9 Å². The number of aromatic nitrogens is 1. The second-order valence-electron chi connectivity index (χ2n) is 4.10. The SMILES string of the molecule is COc1cc(/C(N)=N/O)ccc1NC(=O)c1cccnc1. The van der Waals surface area contributed by atoms with Crippen LogP contribution in [-0.4, -0.2) is 29.0 Å². The summed E-state index contributed by atoms with van der Waals surface area (Å²) >= 11 is 0. The molecule has 4 N–H and O–H groups in total. The third kappa shape index (κ3) is 3.27. The summed E-state index contributed by atoms with van der Waals surface area (Å²) in [6.45, 7) is 0. The molecule has 0 aliphatic carbocycles. The highest BCUT2D eigenvalue weighted by Crippen LogP contribution is 2.26. The van der Waals surface area contributed by atoms with Gasteiger partial charge in [0, 0.05) is 18.0 Å². The van der Waals surface area contributed by atoms with Gasteiger partial charge in [-0.15, -0.1) is 0 Å². The van der Waals surface area contributed by atoms with Crippen molar-refractivity contribution in [3.63, 3.8) is 0 Å². The minimum Gasteiger partial charge on any atom is -0.495 e. The number of hydrogen-bond donors (Lipinski definition) is 3. The van der Waals surface area contributed by atoms with Gasteiger partial charge in [0.2, 0.25) is 0 Å². The average Bonchev–Trinajstić information content (AvgIpc) is 2.55. The number of nitrogens with one attached hydrogen (secondary N) is 1. The summed E-state index contributed by atoms with van der Waals surface area (Å²) < 4.78 is 5.19. The predicted octanol–water partition coefficient (Wildman–Crippen LogP) is 1.44. The topological polar surface area (TPSA) is 110 Å². The zero-order valence-electron chi connectivity index (χ0n) is 11.3. The lowest BCUT2D eigenvalue weighted by molar-refractivity contribution is 0.102. The van der Waals surface area contributed by atoms with Gasteiger partial charge in [0.05, 0.1) is 18.4 Å². The van der Waals surface area contributed by atoms with Gasteiger partial charge in [-0.25, -0.2) is 0 Å². The fourth-order valence-electron chi connectivity index (χ4n) is 1.70. The summed E-state index contributed by atoms with van der Waals surface area (Å²) in [4.78, 5) is 15.9. The highest BCUT2D eigenvalue weighted by molar-refractivity contribution is 6.05. The van der Waals surface area contributed by atoms with E-state index in [1.165, 1.54) is 13.3 Å². The van der Waals surface area contributed by atoms with Gasteiger partial charge in [0.25, 0.3) is 5.91 Å². The number of amidine groups is 1. The van der Waals surface area contributed by atoms with Gasteiger partial charge in [0.15, 0.2) is 5.84 Å². The first-order valence-corrected chi connectivity index (χ1v) is 6.03. The fourth-order valence-corrected chi connectivity index (χ4v) is 1.70. The fraction of sp³-hybridized carbons (Fsp3) is 0.0714. The zero-order valence-corrected chi connectivity index (χ0v) is 11.3. The van der Waals surface area contributed by atoms with Crippen molar-refractivity contribution in [2.24, 2.45) is 10.9 Å². The number of nitrogens with zero attached hydrogens (tertiary/aromatic N) is 2. The summed E-state index contributed by atoms with van der Waals surface area (Å²) in [5.41, 5.74) is 6.89. The molecule has 1 amide bonds. The van der Waals surface area contributed by atoms with Gasteiger partial charge < -0.3 is 21.0 Å². The first kappa shape index (κ1) is 14.3. The minimum absolute atomic E-state index is 0.0431. The number of nitrogens with two attached hydrogens (primary N) is 1. The molecule has 0 saturated heterocycles. The Morgan fingerprint density at radius 3 is 2.81 bits per heavy atom. The van der Waals surface area contributed by atoms with Crippen LogP contribution in [0.5, 0.6) is 5.75 Å². The van der Waals surface area contributed by atoms with Crippen LogP contribution in [-0.2, 0) is 0 Å². The molecule has 0 aliphatic rings. The van der Waals surface area contributed by atoms with E-state index in [4.69, 9.17) is 15.7 Å². The number of methoxy groups -OCH3 is 1. The van der Waals surface area contributed by atoms with Crippen molar-refractivity contribution < 1.29 is 14.7 Å². The summed E-state index contributed by atoms with van der Waals surface area (Å²) in [5, 5.41) is 14.3. The number of amides is 1. The largest absolute Gasteiger partial charge is 0.495 e. The van der Waals surface area contributed by atoms with Gasteiger partial charge in [-0.2, -0.15) is 0 Å². The molecule has 0 unspecified atom stereocenters. The third-order valence-corrected chi connectivity index (χ3v) is 2.78. The molecule has 0 saturated carbocycles. The molecule has 108 valence electrons. The molecule has 7 heteroatoms. The highest BCUT2D eigenvalue weighted by Gasteiger charge is 2.11. The van der Waals surface area contributed by atoms with E-state index in [0.717, 1.165) is 0 Å². The maximum absolute atomic E-state index is 12.1. The normalized spacial score (nSPS) is 11.0. The first-order chi connectivity index (χ1) is 10.2. The number of rotatable bonds is 4. The lowest BCUT2D eigenvalue weighted by atomic mass is 10.1. The number of hydrogen-bond acceptors (Lipinski definition) is 5. The van der Waals surface area contributed by atoms with Gasteiger partial charge in [-0.1, -0.05) is 5.16 Å². The molecule has 7 nitrogen and oxygen atoms in total. The van der Waals surface area contributed by atoms with Crippen molar-refractivity contribution >= 4 is 17.4 Å². The van der Waals surface area contributed by atoms with E-state index in [0.29, 0.717) is 22.6 Å². The Bertz CT molecular complexity index is 671. The molecule has 1 aromatic carbocycles. The van der Waals surface area contributed by atoms with Crippen LogP contribution in [0.2, 0.25) is 0 Å². The second kappa shape index (κ2) is 6.38. The Morgan fingerprint density at radius 1 is 1.38 bits per heavy atom. The molecule has 0 aliphatic heterocycles. The van der Waals surface area contributed by atoms with Gasteiger partial charge in [-0.3, -0.25) is 9.78 Å². The summed E-state index contributed by atoms with van der Waals surface area (Å²) in [7, 11) is 1.46.